The zero-order chi connectivity index (χ0) is 19.2. The van der Waals surface area contributed by atoms with Crippen LogP contribution in [0.25, 0.3) is 5.69 Å². The summed E-state index contributed by atoms with van der Waals surface area (Å²) in [4.78, 5) is 23.0. The smallest absolute Gasteiger partial charge is 0.335 e. The van der Waals surface area contributed by atoms with Crippen molar-refractivity contribution in [3.05, 3.63) is 54.1 Å². The molecule has 0 atom stereocenters. The van der Waals surface area contributed by atoms with E-state index in [4.69, 9.17) is 9.84 Å². The molecule has 0 spiro atoms. The third-order valence-corrected chi connectivity index (χ3v) is 4.41. The number of benzene rings is 2. The van der Waals surface area contributed by atoms with E-state index in [1.807, 2.05) is 18.2 Å². The molecule has 1 aromatic heterocycles. The molecule has 2 aromatic carbocycles. The van der Waals surface area contributed by atoms with Gasteiger partial charge in [-0.1, -0.05) is 17.8 Å². The van der Waals surface area contributed by atoms with Crippen LogP contribution in [0.5, 0.6) is 5.75 Å². The number of aromatic nitrogens is 4. The molecule has 1 amide bonds. The van der Waals surface area contributed by atoms with E-state index in [2.05, 4.69) is 20.8 Å². The summed E-state index contributed by atoms with van der Waals surface area (Å²) in [6.45, 7) is 0. The summed E-state index contributed by atoms with van der Waals surface area (Å²) in [6.07, 6.45) is 0. The van der Waals surface area contributed by atoms with Crippen molar-refractivity contribution in [1.82, 2.24) is 20.2 Å². The van der Waals surface area contributed by atoms with Crippen LogP contribution in [0.2, 0.25) is 0 Å². The number of tetrazole rings is 1. The number of hydrogen-bond acceptors (Lipinski definition) is 7. The lowest BCUT2D eigenvalue weighted by Crippen LogP contribution is -2.14. The zero-order valence-electron chi connectivity index (χ0n) is 14.2. The van der Waals surface area contributed by atoms with Gasteiger partial charge in [-0.25, -0.2) is 4.79 Å². The SMILES string of the molecule is COc1cccc(-n2nnnc2SCC(=O)Nc2ccc(C(=O)O)cc2)c1. The molecule has 3 aromatic rings. The second-order valence-electron chi connectivity index (χ2n) is 5.29. The van der Waals surface area contributed by atoms with Crippen molar-refractivity contribution in [2.75, 3.05) is 18.2 Å². The highest BCUT2D eigenvalue weighted by molar-refractivity contribution is 7.99. The number of aromatic carboxylic acids is 1. The quantitative estimate of drug-likeness (QED) is 0.594. The van der Waals surface area contributed by atoms with Crippen LogP contribution in [-0.4, -0.2) is 50.1 Å². The molecule has 2 N–H and O–H groups in total. The van der Waals surface area contributed by atoms with E-state index in [0.29, 0.717) is 22.3 Å². The molecule has 0 aliphatic rings. The first-order valence-corrected chi connectivity index (χ1v) is 8.74. The lowest BCUT2D eigenvalue weighted by molar-refractivity contribution is -0.113. The highest BCUT2D eigenvalue weighted by atomic mass is 32.2. The number of carbonyl (C=O) groups excluding carboxylic acids is 1. The predicted octanol–water partition coefficient (Wildman–Crippen LogP) is 2.10. The van der Waals surface area contributed by atoms with Crippen LogP contribution < -0.4 is 10.1 Å². The van der Waals surface area contributed by atoms with Crippen molar-refractivity contribution < 1.29 is 19.4 Å². The standard InChI is InChI=1S/C17H15N5O4S/c1-26-14-4-2-3-13(9-14)22-17(19-20-21-22)27-10-15(23)18-12-7-5-11(6-8-12)16(24)25/h2-9H,10H2,1H3,(H,18,23)(H,24,25). The van der Waals surface area contributed by atoms with Gasteiger partial charge in [-0.05, 0) is 46.8 Å². The van der Waals surface area contributed by atoms with Crippen LogP contribution in [-0.2, 0) is 4.79 Å². The number of methoxy groups -OCH3 is 1. The molecule has 10 heteroatoms. The van der Waals surface area contributed by atoms with Gasteiger partial charge in [0.1, 0.15) is 5.75 Å². The molecule has 138 valence electrons. The number of anilines is 1. The minimum absolute atomic E-state index is 0.0883. The third-order valence-electron chi connectivity index (χ3n) is 3.49. The van der Waals surface area contributed by atoms with Gasteiger partial charge in [-0.2, -0.15) is 4.68 Å². The highest BCUT2D eigenvalue weighted by Crippen LogP contribution is 2.21. The summed E-state index contributed by atoms with van der Waals surface area (Å²) in [6, 6.07) is 13.2. The van der Waals surface area contributed by atoms with Crippen molar-refractivity contribution in [2.45, 2.75) is 5.16 Å². The van der Waals surface area contributed by atoms with Crippen molar-refractivity contribution in [1.29, 1.82) is 0 Å². The second-order valence-corrected chi connectivity index (χ2v) is 6.24. The van der Waals surface area contributed by atoms with Gasteiger partial charge >= 0.3 is 5.97 Å². The van der Waals surface area contributed by atoms with Crippen LogP contribution in [0, 0.1) is 0 Å². The van der Waals surface area contributed by atoms with Crippen LogP contribution in [0.1, 0.15) is 10.4 Å². The first-order chi connectivity index (χ1) is 13.1. The number of carbonyl (C=O) groups is 2. The minimum atomic E-state index is -1.02. The van der Waals surface area contributed by atoms with Gasteiger partial charge < -0.3 is 15.2 Å². The largest absolute Gasteiger partial charge is 0.497 e. The van der Waals surface area contributed by atoms with Crippen molar-refractivity contribution in [3.8, 4) is 11.4 Å². The molecule has 9 nitrogen and oxygen atoms in total. The summed E-state index contributed by atoms with van der Waals surface area (Å²) >= 11 is 1.18. The predicted molar refractivity (Wildman–Crippen MR) is 98.5 cm³/mol. The van der Waals surface area contributed by atoms with E-state index < -0.39 is 5.97 Å². The molecule has 0 unspecified atom stereocenters. The maximum Gasteiger partial charge on any atom is 0.335 e. The van der Waals surface area contributed by atoms with Crippen molar-refractivity contribution in [2.24, 2.45) is 0 Å². The molecular formula is C17H15N5O4S. The van der Waals surface area contributed by atoms with Gasteiger partial charge in [0.15, 0.2) is 0 Å². The fraction of sp³-hybridized carbons (Fsp3) is 0.118. The Morgan fingerprint density at radius 2 is 2.00 bits per heavy atom. The number of ether oxygens (including phenoxy) is 1. The Bertz CT molecular complexity index is 958. The fourth-order valence-electron chi connectivity index (χ4n) is 2.20. The van der Waals surface area contributed by atoms with Gasteiger partial charge in [0.25, 0.3) is 0 Å². The number of nitrogens with zero attached hydrogens (tertiary/aromatic N) is 4. The normalized spacial score (nSPS) is 10.4. The Balaban J connectivity index is 1.62. The van der Waals surface area contributed by atoms with Crippen LogP contribution in [0.15, 0.2) is 53.7 Å². The summed E-state index contributed by atoms with van der Waals surface area (Å²) in [5.41, 5.74) is 1.38. The summed E-state index contributed by atoms with van der Waals surface area (Å²) in [5.74, 6) is -0.525. The number of thioether (sulfide) groups is 1. The molecule has 0 aliphatic heterocycles. The number of nitrogens with one attached hydrogen (secondary N) is 1. The number of amides is 1. The number of rotatable bonds is 7. The summed E-state index contributed by atoms with van der Waals surface area (Å²) in [5, 5.41) is 23.6. The van der Waals surface area contributed by atoms with E-state index in [0.717, 1.165) is 0 Å². The molecule has 0 saturated carbocycles. The molecule has 0 radical (unpaired) electrons. The van der Waals surface area contributed by atoms with E-state index in [1.54, 1.807) is 13.2 Å². The van der Waals surface area contributed by atoms with E-state index in [1.165, 1.54) is 40.7 Å². The zero-order valence-corrected chi connectivity index (χ0v) is 15.0. The van der Waals surface area contributed by atoms with Crippen LogP contribution >= 0.6 is 11.8 Å². The summed E-state index contributed by atoms with van der Waals surface area (Å²) < 4.78 is 6.71. The van der Waals surface area contributed by atoms with Gasteiger partial charge in [-0.15, -0.1) is 5.10 Å². The Kier molecular flexibility index (Phi) is 5.67. The van der Waals surface area contributed by atoms with Crippen LogP contribution in [0.3, 0.4) is 0 Å². The summed E-state index contributed by atoms with van der Waals surface area (Å²) in [7, 11) is 1.57. The highest BCUT2D eigenvalue weighted by Gasteiger charge is 2.12. The Hall–Kier alpha value is -3.40. The van der Waals surface area contributed by atoms with Crippen LogP contribution in [0.4, 0.5) is 5.69 Å². The Labute approximate surface area is 158 Å². The van der Waals surface area contributed by atoms with Gasteiger partial charge in [0.05, 0.1) is 24.1 Å². The first-order valence-electron chi connectivity index (χ1n) is 7.75. The number of hydrogen-bond donors (Lipinski definition) is 2. The van der Waals surface area contributed by atoms with Gasteiger partial charge in [-0.3, -0.25) is 4.79 Å². The molecule has 3 rings (SSSR count). The number of carboxylic acids is 1. The lowest BCUT2D eigenvalue weighted by atomic mass is 10.2. The maximum absolute atomic E-state index is 12.1. The van der Waals surface area contributed by atoms with E-state index in [-0.39, 0.29) is 17.2 Å². The van der Waals surface area contributed by atoms with Crippen molar-refractivity contribution in [3.63, 3.8) is 0 Å². The van der Waals surface area contributed by atoms with Gasteiger partial charge in [0, 0.05) is 11.8 Å². The first kappa shape index (κ1) is 18.4. The topological polar surface area (TPSA) is 119 Å². The average molecular weight is 385 g/mol. The maximum atomic E-state index is 12.1. The average Bonchev–Trinajstić information content (AvgIpc) is 3.15. The second kappa shape index (κ2) is 8.32. The van der Waals surface area contributed by atoms with E-state index in [9.17, 15) is 9.59 Å². The Morgan fingerprint density at radius 3 is 2.70 bits per heavy atom. The monoisotopic (exact) mass is 385 g/mol. The minimum Gasteiger partial charge on any atom is -0.497 e. The molecular weight excluding hydrogens is 370 g/mol. The molecule has 0 fully saturated rings. The van der Waals surface area contributed by atoms with E-state index >= 15 is 0 Å². The fourth-order valence-corrected chi connectivity index (χ4v) is 2.89. The Morgan fingerprint density at radius 1 is 1.22 bits per heavy atom. The molecule has 1 heterocycles. The molecule has 0 saturated heterocycles. The molecule has 0 aliphatic carbocycles. The third kappa shape index (κ3) is 4.61. The number of carboxylic acid groups (broad SMARTS) is 1. The molecule has 27 heavy (non-hydrogen) atoms. The molecule has 0 bridgehead atoms. The van der Waals surface area contributed by atoms with Gasteiger partial charge in [0.2, 0.25) is 11.1 Å². The lowest BCUT2D eigenvalue weighted by Gasteiger charge is -2.07. The van der Waals surface area contributed by atoms with Crippen molar-refractivity contribution >= 4 is 29.3 Å².